The number of fused-ring (bicyclic) bond motifs is 1. The fraction of sp³-hybridized carbons (Fsp3) is 0.233. The summed E-state index contributed by atoms with van der Waals surface area (Å²) >= 11 is 4.03. The fourth-order valence-electron chi connectivity index (χ4n) is 4.61. The van der Waals surface area contributed by atoms with Crippen molar-refractivity contribution in [2.45, 2.75) is 28.7 Å². The Balaban J connectivity index is 0.00000480. The Kier molecular flexibility index (Phi) is 12.2. The van der Waals surface area contributed by atoms with Crippen LogP contribution in [-0.4, -0.2) is 79.7 Å². The van der Waals surface area contributed by atoms with Gasteiger partial charge in [0, 0.05) is 24.6 Å². The van der Waals surface area contributed by atoms with Crippen LogP contribution in [0.1, 0.15) is 22.2 Å². The van der Waals surface area contributed by atoms with Crippen LogP contribution in [0, 0.1) is 6.92 Å². The molecule has 2 unspecified atom stereocenters. The maximum Gasteiger partial charge on any atom is 1.00 e. The van der Waals surface area contributed by atoms with Crippen molar-refractivity contribution in [1.29, 1.82) is 0 Å². The summed E-state index contributed by atoms with van der Waals surface area (Å²) in [5, 5.41) is 25.5. The number of hydrogen-bond acceptors (Lipinski definition) is 11. The number of hydrogen-bond donors (Lipinski definition) is 2. The number of aromatic nitrogens is 2. The van der Waals surface area contributed by atoms with Crippen molar-refractivity contribution in [2.24, 2.45) is 0 Å². The normalized spacial score (nSPS) is 17.8. The summed E-state index contributed by atoms with van der Waals surface area (Å²) < 4.78 is 0.679. The second kappa shape index (κ2) is 15.9. The molecule has 46 heavy (non-hydrogen) atoms. The number of nitrogens with zero attached hydrogens (tertiary/aromatic N) is 4. The number of thioether (sulfide) groups is 2. The van der Waals surface area contributed by atoms with E-state index >= 15 is 0 Å². The number of likely N-dealkylation sites (N-methyl/N-ethyl adjacent to an activating group) is 1. The molecule has 2 N–H and O–H groups in total. The quantitative estimate of drug-likeness (QED) is 0.117. The van der Waals surface area contributed by atoms with E-state index in [2.05, 4.69) is 20.8 Å². The van der Waals surface area contributed by atoms with E-state index in [1.807, 2.05) is 25.1 Å². The summed E-state index contributed by atoms with van der Waals surface area (Å²) in [7, 11) is 1.29. The number of carbonyl (C=O) groups excluding carboxylic acids is 5. The van der Waals surface area contributed by atoms with Gasteiger partial charge < -0.3 is 20.5 Å². The number of carboxylic acid groups (broad SMARTS) is 1. The van der Waals surface area contributed by atoms with Gasteiger partial charge in [-0.1, -0.05) is 83.8 Å². The maximum atomic E-state index is 13.6. The Bertz CT molecular complexity index is 1690. The van der Waals surface area contributed by atoms with Crippen LogP contribution in [0.25, 0.3) is 6.08 Å². The molecule has 0 spiro atoms. The molecule has 12 nitrogen and oxygen atoms in total. The van der Waals surface area contributed by atoms with Gasteiger partial charge in [0.25, 0.3) is 11.8 Å². The van der Waals surface area contributed by atoms with Crippen molar-refractivity contribution in [3.63, 3.8) is 0 Å². The first kappa shape index (κ1) is 35.4. The van der Waals surface area contributed by atoms with Crippen LogP contribution in [0.3, 0.4) is 0 Å². The van der Waals surface area contributed by atoms with Gasteiger partial charge in [-0.15, -0.1) is 22.0 Å². The molecule has 3 heterocycles. The third-order valence-electron chi connectivity index (χ3n) is 6.93. The second-order valence-corrected chi connectivity index (χ2v) is 13.5. The van der Waals surface area contributed by atoms with Crippen molar-refractivity contribution in [2.75, 3.05) is 18.6 Å². The van der Waals surface area contributed by atoms with Gasteiger partial charge in [-0.3, -0.25) is 24.2 Å². The zero-order chi connectivity index (χ0) is 32.1. The largest absolute Gasteiger partial charge is 1.00 e. The number of benzene rings is 2. The smallest absolute Gasteiger partial charge is 0.543 e. The molecular weight excluding hydrogens is 660 g/mol. The van der Waals surface area contributed by atoms with E-state index in [1.165, 1.54) is 48.0 Å². The predicted molar refractivity (Wildman–Crippen MR) is 168 cm³/mol. The minimum absolute atomic E-state index is 0. The summed E-state index contributed by atoms with van der Waals surface area (Å²) in [6, 6.07) is 14.4. The van der Waals surface area contributed by atoms with Crippen LogP contribution >= 0.6 is 34.9 Å². The first-order valence-corrected chi connectivity index (χ1v) is 16.5. The number of amides is 5. The molecule has 1 aromatic heterocycles. The SMILES string of the molecule is Cc1nnc(SCC2=C(C(=O)[O-])N3C(=O)C(NC(=O)C(NC(=O)N(C)C(=O)C=Cc4ccccc4)c4ccccc4)[C@@H]3SC2)s1.[Na+]. The molecule has 232 valence electrons. The van der Waals surface area contributed by atoms with Gasteiger partial charge in [0.2, 0.25) is 5.91 Å². The van der Waals surface area contributed by atoms with Crippen LogP contribution in [0.5, 0.6) is 0 Å². The molecule has 0 saturated carbocycles. The number of imide groups is 1. The van der Waals surface area contributed by atoms with Gasteiger partial charge in [-0.2, -0.15) is 0 Å². The summed E-state index contributed by atoms with van der Waals surface area (Å²) in [6.07, 6.45) is 2.82. The van der Waals surface area contributed by atoms with Crippen molar-refractivity contribution in [3.05, 3.63) is 94.1 Å². The topological polar surface area (TPSA) is 165 Å². The molecule has 5 amide bonds. The van der Waals surface area contributed by atoms with Gasteiger partial charge >= 0.3 is 35.6 Å². The van der Waals surface area contributed by atoms with Crippen molar-refractivity contribution >= 4 is 70.7 Å². The second-order valence-electron chi connectivity index (χ2n) is 9.95. The number of nitrogens with one attached hydrogen (secondary N) is 2. The minimum atomic E-state index is -1.48. The number of carboxylic acids is 1. The molecule has 0 aliphatic carbocycles. The predicted octanol–water partition coefficient (Wildman–Crippen LogP) is -1.03. The number of urea groups is 1. The van der Waals surface area contributed by atoms with Crippen molar-refractivity contribution < 1.29 is 58.6 Å². The Morgan fingerprint density at radius 3 is 2.41 bits per heavy atom. The van der Waals surface area contributed by atoms with Gasteiger partial charge in [0.05, 0.1) is 11.7 Å². The summed E-state index contributed by atoms with van der Waals surface area (Å²) in [5.41, 5.74) is 1.50. The van der Waals surface area contributed by atoms with Gasteiger partial charge in [-0.05, 0) is 29.7 Å². The van der Waals surface area contributed by atoms with Gasteiger partial charge in [0.1, 0.15) is 22.5 Å². The average Bonchev–Trinajstić information content (AvgIpc) is 3.48. The fourth-order valence-corrected chi connectivity index (χ4v) is 7.92. The van der Waals surface area contributed by atoms with E-state index in [4.69, 9.17) is 0 Å². The van der Waals surface area contributed by atoms with E-state index < -0.39 is 47.2 Å². The van der Waals surface area contributed by atoms with E-state index in [0.29, 0.717) is 21.2 Å². The van der Waals surface area contributed by atoms with E-state index in [9.17, 15) is 29.1 Å². The Morgan fingerprint density at radius 1 is 1.11 bits per heavy atom. The standard InChI is InChI=1S/C30H28N6O6S3.Na/c1-17-33-34-30(45-17)44-16-20-15-43-27-23(26(39)36(27)24(20)28(40)41)31-25(38)22(19-11-7-4-8-12-19)32-29(42)35(2)21(37)14-13-18-9-5-3-6-10-18;/h3-14,22-23,27H,15-16H2,1-2H3,(H,31,38)(H,32,42)(H,40,41);/q;+1/p-1/t22?,23?,27-;/m0./s1. The van der Waals surface area contributed by atoms with Crippen molar-refractivity contribution in [1.82, 2.24) is 30.6 Å². The number of rotatable bonds is 10. The van der Waals surface area contributed by atoms with E-state index in [-0.39, 0.29) is 41.0 Å². The van der Waals surface area contributed by atoms with Crippen LogP contribution in [0.4, 0.5) is 4.79 Å². The first-order valence-electron chi connectivity index (χ1n) is 13.6. The molecule has 1 saturated heterocycles. The Labute approximate surface area is 299 Å². The summed E-state index contributed by atoms with van der Waals surface area (Å²) in [6.45, 7) is 1.82. The minimum Gasteiger partial charge on any atom is -0.543 e. The van der Waals surface area contributed by atoms with Crippen molar-refractivity contribution in [3.8, 4) is 0 Å². The number of carbonyl (C=O) groups is 5. The molecule has 3 aromatic rings. The molecule has 5 rings (SSSR count). The average molecular weight is 687 g/mol. The van der Waals surface area contributed by atoms with Crippen LogP contribution in [0.2, 0.25) is 0 Å². The summed E-state index contributed by atoms with van der Waals surface area (Å²) in [5.74, 6) is -2.80. The third-order valence-corrected chi connectivity index (χ3v) is 10.3. The number of aryl methyl sites for hydroxylation is 1. The first-order chi connectivity index (χ1) is 21.6. The molecular formula is C30H27N6NaO6S3. The molecule has 3 atom stereocenters. The molecule has 16 heteroatoms. The summed E-state index contributed by atoms with van der Waals surface area (Å²) in [4.78, 5) is 66.7. The monoisotopic (exact) mass is 686 g/mol. The molecule has 2 aliphatic rings. The molecule has 0 bridgehead atoms. The molecule has 2 aliphatic heterocycles. The van der Waals surface area contributed by atoms with Gasteiger partial charge in [0.15, 0.2) is 4.34 Å². The van der Waals surface area contributed by atoms with Gasteiger partial charge in [-0.25, -0.2) is 4.79 Å². The molecule has 1 fully saturated rings. The van der Waals surface area contributed by atoms with E-state index in [1.54, 1.807) is 48.5 Å². The molecule has 0 radical (unpaired) electrons. The van der Waals surface area contributed by atoms with Crippen LogP contribution < -0.4 is 45.3 Å². The van der Waals surface area contributed by atoms with E-state index in [0.717, 1.165) is 20.4 Å². The van der Waals surface area contributed by atoms with Crippen LogP contribution in [-0.2, 0) is 19.2 Å². The Hall–Kier alpha value is -3.47. The number of β-lactam (4-membered cyclic amide) rings is 1. The maximum absolute atomic E-state index is 13.6. The molecule has 2 aromatic carbocycles. The Morgan fingerprint density at radius 2 is 1.78 bits per heavy atom. The zero-order valence-corrected chi connectivity index (χ0v) is 29.5. The number of aliphatic carboxylic acids is 1. The third kappa shape index (κ3) is 8.08. The zero-order valence-electron chi connectivity index (χ0n) is 25.0. The van der Waals surface area contributed by atoms with Crippen LogP contribution in [0.15, 0.2) is 82.3 Å².